The average molecular weight is 182 g/mol. The minimum absolute atomic E-state index is 0.482. The fraction of sp³-hybridized carbons (Fsp3) is 0.444. The van der Waals surface area contributed by atoms with Gasteiger partial charge in [0.05, 0.1) is 0 Å². The van der Waals surface area contributed by atoms with E-state index < -0.39 is 12.0 Å². The summed E-state index contributed by atoms with van der Waals surface area (Å²) < 4.78 is 0. The first kappa shape index (κ1) is 9.95. The van der Waals surface area contributed by atoms with Gasteiger partial charge in [0.1, 0.15) is 6.04 Å². The fourth-order valence-corrected chi connectivity index (χ4v) is 1.30. The third-order valence-corrected chi connectivity index (χ3v) is 2.05. The summed E-state index contributed by atoms with van der Waals surface area (Å²) in [5.74, 6) is 4.21. The molecule has 0 saturated carbocycles. The Morgan fingerprint density at radius 2 is 2.46 bits per heavy atom. The van der Waals surface area contributed by atoms with E-state index in [0.717, 1.165) is 18.4 Å². The van der Waals surface area contributed by atoms with Crippen LogP contribution in [-0.2, 0) is 4.79 Å². The van der Waals surface area contributed by atoms with E-state index in [0.29, 0.717) is 6.42 Å². The zero-order valence-electron chi connectivity index (χ0n) is 7.36. The molecule has 4 N–H and O–H groups in total. The zero-order chi connectivity index (χ0) is 9.68. The van der Waals surface area contributed by atoms with Gasteiger partial charge in [-0.1, -0.05) is 23.8 Å². The van der Waals surface area contributed by atoms with Crippen molar-refractivity contribution in [1.82, 2.24) is 5.43 Å². The molecule has 1 rings (SSSR count). The van der Waals surface area contributed by atoms with Crippen LogP contribution in [0.3, 0.4) is 0 Å². The lowest BCUT2D eigenvalue weighted by Crippen LogP contribution is -2.41. The summed E-state index contributed by atoms with van der Waals surface area (Å²) in [6.07, 6.45) is 8.38. The predicted molar refractivity (Wildman–Crippen MR) is 49.8 cm³/mol. The van der Waals surface area contributed by atoms with E-state index in [-0.39, 0.29) is 0 Å². The van der Waals surface area contributed by atoms with E-state index in [1.165, 1.54) is 0 Å². The number of hydrogen-bond donors (Lipinski definition) is 3. The highest BCUT2D eigenvalue weighted by Crippen LogP contribution is 2.16. The van der Waals surface area contributed by atoms with Crippen LogP contribution in [-0.4, -0.2) is 17.1 Å². The minimum Gasteiger partial charge on any atom is -0.480 e. The number of carbonyl (C=O) groups is 1. The van der Waals surface area contributed by atoms with Crippen LogP contribution in [0.25, 0.3) is 0 Å². The topological polar surface area (TPSA) is 75.3 Å². The molecule has 0 aliphatic heterocycles. The monoisotopic (exact) mass is 182 g/mol. The van der Waals surface area contributed by atoms with Crippen molar-refractivity contribution in [2.75, 3.05) is 0 Å². The normalized spacial score (nSPS) is 18.1. The molecule has 0 aromatic heterocycles. The smallest absolute Gasteiger partial charge is 0.322 e. The number of rotatable bonds is 4. The number of aliphatic carboxylic acids is 1. The maximum Gasteiger partial charge on any atom is 0.322 e. The largest absolute Gasteiger partial charge is 0.480 e. The lowest BCUT2D eigenvalue weighted by atomic mass is 9.99. The Kier molecular flexibility index (Phi) is 3.67. The van der Waals surface area contributed by atoms with Crippen molar-refractivity contribution in [3.05, 3.63) is 23.8 Å². The van der Waals surface area contributed by atoms with Crippen LogP contribution in [0.4, 0.5) is 0 Å². The molecule has 13 heavy (non-hydrogen) atoms. The number of nitrogens with two attached hydrogens (primary N) is 1. The van der Waals surface area contributed by atoms with Crippen LogP contribution in [0.1, 0.15) is 19.3 Å². The van der Waals surface area contributed by atoms with Crippen LogP contribution in [0.2, 0.25) is 0 Å². The molecule has 0 amide bonds. The van der Waals surface area contributed by atoms with Crippen molar-refractivity contribution >= 4 is 5.97 Å². The van der Waals surface area contributed by atoms with E-state index in [9.17, 15) is 4.79 Å². The van der Waals surface area contributed by atoms with E-state index in [1.807, 2.05) is 12.2 Å². The molecule has 0 saturated heterocycles. The third kappa shape index (κ3) is 3.01. The third-order valence-electron chi connectivity index (χ3n) is 2.05. The van der Waals surface area contributed by atoms with Crippen LogP contribution in [0.5, 0.6) is 0 Å². The Morgan fingerprint density at radius 1 is 1.69 bits per heavy atom. The number of nitrogens with one attached hydrogen (secondary N) is 1. The molecule has 0 heterocycles. The SMILES string of the molecule is NN[C@@H](CC1=CCC=CC1)C(=O)O. The van der Waals surface area contributed by atoms with Crippen molar-refractivity contribution in [3.8, 4) is 0 Å². The number of hydrazine groups is 1. The van der Waals surface area contributed by atoms with Crippen LogP contribution < -0.4 is 11.3 Å². The van der Waals surface area contributed by atoms with Gasteiger partial charge in [-0.3, -0.25) is 10.6 Å². The molecule has 4 nitrogen and oxygen atoms in total. The Bertz CT molecular complexity index is 246. The number of carboxylic acid groups (broad SMARTS) is 1. The first-order valence-corrected chi connectivity index (χ1v) is 4.26. The van der Waals surface area contributed by atoms with Gasteiger partial charge < -0.3 is 5.11 Å². The molecule has 0 aromatic rings. The van der Waals surface area contributed by atoms with Crippen LogP contribution in [0, 0.1) is 0 Å². The first-order valence-electron chi connectivity index (χ1n) is 4.26. The fourth-order valence-electron chi connectivity index (χ4n) is 1.30. The van der Waals surface area contributed by atoms with Gasteiger partial charge in [0.2, 0.25) is 0 Å². The van der Waals surface area contributed by atoms with Crippen molar-refractivity contribution in [3.63, 3.8) is 0 Å². The van der Waals surface area contributed by atoms with Gasteiger partial charge >= 0.3 is 5.97 Å². The molecular formula is C9H14N2O2. The van der Waals surface area contributed by atoms with Gasteiger partial charge in [0.25, 0.3) is 0 Å². The number of allylic oxidation sites excluding steroid dienone is 3. The van der Waals surface area contributed by atoms with Gasteiger partial charge in [-0.15, -0.1) is 0 Å². The zero-order valence-corrected chi connectivity index (χ0v) is 7.36. The van der Waals surface area contributed by atoms with Gasteiger partial charge in [-0.25, -0.2) is 5.43 Å². The Labute approximate surface area is 77.1 Å². The second kappa shape index (κ2) is 4.79. The Hall–Kier alpha value is -1.13. The maximum atomic E-state index is 10.6. The average Bonchev–Trinajstić information content (AvgIpc) is 2.15. The molecule has 0 radical (unpaired) electrons. The molecule has 0 unspecified atom stereocenters. The second-order valence-corrected chi connectivity index (χ2v) is 3.04. The standard InChI is InChI=1S/C9H14N2O2/c10-11-8(9(12)13)6-7-4-2-1-3-5-7/h1-2,5,8,11H,3-4,6,10H2,(H,12,13)/t8-/m0/s1. The molecule has 1 atom stereocenters. The number of carboxylic acids is 1. The summed E-state index contributed by atoms with van der Waals surface area (Å²) in [4.78, 5) is 10.6. The quantitative estimate of drug-likeness (QED) is 0.337. The molecule has 72 valence electrons. The van der Waals surface area contributed by atoms with Gasteiger partial charge in [0.15, 0.2) is 0 Å². The van der Waals surface area contributed by atoms with E-state index in [4.69, 9.17) is 10.9 Å². The predicted octanol–water partition coefficient (Wildman–Crippen LogP) is 0.569. The summed E-state index contributed by atoms with van der Waals surface area (Å²) in [7, 11) is 0. The highest BCUT2D eigenvalue weighted by atomic mass is 16.4. The van der Waals surface area contributed by atoms with Crippen molar-refractivity contribution < 1.29 is 9.90 Å². The summed E-state index contributed by atoms with van der Waals surface area (Å²) in [5, 5.41) is 8.72. The van der Waals surface area contributed by atoms with Gasteiger partial charge in [0, 0.05) is 0 Å². The molecule has 0 aromatic carbocycles. The van der Waals surface area contributed by atoms with Crippen molar-refractivity contribution in [2.24, 2.45) is 5.84 Å². The molecule has 0 bridgehead atoms. The lowest BCUT2D eigenvalue weighted by molar-refractivity contribution is -0.139. The first-order chi connectivity index (χ1) is 6.24. The molecule has 1 aliphatic carbocycles. The van der Waals surface area contributed by atoms with Gasteiger partial charge in [-0.2, -0.15) is 0 Å². The van der Waals surface area contributed by atoms with E-state index in [1.54, 1.807) is 0 Å². The van der Waals surface area contributed by atoms with Crippen molar-refractivity contribution in [1.29, 1.82) is 0 Å². The summed E-state index contributed by atoms with van der Waals surface area (Å²) in [6.45, 7) is 0. The molecule has 0 spiro atoms. The maximum absolute atomic E-state index is 10.6. The van der Waals surface area contributed by atoms with E-state index >= 15 is 0 Å². The minimum atomic E-state index is -0.905. The highest BCUT2D eigenvalue weighted by molar-refractivity contribution is 5.73. The molecular weight excluding hydrogens is 168 g/mol. The number of hydrogen-bond acceptors (Lipinski definition) is 3. The highest BCUT2D eigenvalue weighted by Gasteiger charge is 2.16. The van der Waals surface area contributed by atoms with Crippen LogP contribution >= 0.6 is 0 Å². The van der Waals surface area contributed by atoms with E-state index in [2.05, 4.69) is 11.5 Å². The summed E-state index contributed by atoms with van der Waals surface area (Å²) in [6, 6.07) is -0.669. The van der Waals surface area contributed by atoms with Crippen LogP contribution in [0.15, 0.2) is 23.8 Å². The molecule has 1 aliphatic rings. The second-order valence-electron chi connectivity index (χ2n) is 3.04. The van der Waals surface area contributed by atoms with Crippen molar-refractivity contribution in [2.45, 2.75) is 25.3 Å². The van der Waals surface area contributed by atoms with Gasteiger partial charge in [-0.05, 0) is 19.3 Å². The molecule has 4 heteroatoms. The lowest BCUT2D eigenvalue weighted by Gasteiger charge is -2.14. The summed E-state index contributed by atoms with van der Waals surface area (Å²) >= 11 is 0. The molecule has 0 fully saturated rings. The summed E-state index contributed by atoms with van der Waals surface area (Å²) in [5.41, 5.74) is 3.42. The Morgan fingerprint density at radius 3 is 2.92 bits per heavy atom. The Balaban J connectivity index is 2.46.